The van der Waals surface area contributed by atoms with Gasteiger partial charge in [0.15, 0.2) is 0 Å². The molecule has 0 aromatic heterocycles. The highest BCUT2D eigenvalue weighted by atomic mass is 16.5. The van der Waals surface area contributed by atoms with Gasteiger partial charge in [-0.05, 0) is 59.0 Å². The molecule has 1 unspecified atom stereocenters. The predicted octanol–water partition coefficient (Wildman–Crippen LogP) is 5.02. The van der Waals surface area contributed by atoms with E-state index in [0.717, 1.165) is 29.7 Å². The summed E-state index contributed by atoms with van der Waals surface area (Å²) in [7, 11) is 3.41. The summed E-state index contributed by atoms with van der Waals surface area (Å²) in [4.78, 5) is 0. The zero-order valence-electron chi connectivity index (χ0n) is 14.0. The largest absolute Gasteiger partial charge is 0.497 e. The van der Waals surface area contributed by atoms with Crippen molar-refractivity contribution in [3.8, 4) is 11.5 Å². The van der Waals surface area contributed by atoms with Gasteiger partial charge in [-0.2, -0.15) is 0 Å². The summed E-state index contributed by atoms with van der Waals surface area (Å²) in [5.41, 5.74) is 3.90. The second-order valence-corrected chi connectivity index (χ2v) is 6.20. The highest BCUT2D eigenvalue weighted by Gasteiger charge is 2.22. The first-order chi connectivity index (χ1) is 11.8. The van der Waals surface area contributed by atoms with Crippen LogP contribution in [0.15, 0.2) is 54.6 Å². The van der Waals surface area contributed by atoms with Crippen LogP contribution in [0, 0.1) is 6.42 Å². The van der Waals surface area contributed by atoms with Gasteiger partial charge in [-0.25, -0.2) is 0 Å². The summed E-state index contributed by atoms with van der Waals surface area (Å²) in [5.74, 6) is 2.04. The minimum absolute atomic E-state index is 0.306. The monoisotopic (exact) mass is 316 g/mol. The normalized spacial score (nSPS) is 16.7. The molecule has 2 nitrogen and oxygen atoms in total. The van der Waals surface area contributed by atoms with Gasteiger partial charge in [-0.1, -0.05) is 36.4 Å². The second-order valence-electron chi connectivity index (χ2n) is 6.20. The Labute approximate surface area is 143 Å². The summed E-state index contributed by atoms with van der Waals surface area (Å²) in [6.07, 6.45) is 5.85. The molecule has 24 heavy (non-hydrogen) atoms. The average molecular weight is 316 g/mol. The highest BCUT2D eigenvalue weighted by molar-refractivity contribution is 5.90. The number of aryl methyl sites for hydroxylation is 1. The van der Waals surface area contributed by atoms with Crippen LogP contribution < -0.4 is 9.47 Å². The smallest absolute Gasteiger partial charge is 0.127 e. The maximum Gasteiger partial charge on any atom is 0.127 e. The van der Waals surface area contributed by atoms with Crippen LogP contribution in [0.1, 0.15) is 29.0 Å². The van der Waals surface area contributed by atoms with Gasteiger partial charge >= 0.3 is 0 Å². The summed E-state index contributed by atoms with van der Waals surface area (Å²) >= 11 is 0. The summed E-state index contributed by atoms with van der Waals surface area (Å²) in [6.45, 7) is 0. The average Bonchev–Trinajstić information content (AvgIpc) is 2.66. The summed E-state index contributed by atoms with van der Waals surface area (Å²) in [5, 5.41) is 2.25. The number of rotatable bonds is 3. The van der Waals surface area contributed by atoms with Gasteiger partial charge < -0.3 is 9.47 Å². The molecular weight excluding hydrogens is 296 g/mol. The van der Waals surface area contributed by atoms with Crippen molar-refractivity contribution in [2.75, 3.05) is 14.2 Å². The van der Waals surface area contributed by atoms with Gasteiger partial charge in [-0.15, -0.1) is 0 Å². The van der Waals surface area contributed by atoms with Crippen molar-refractivity contribution in [3.63, 3.8) is 0 Å². The SMILES string of the molecule is COc1ccc2cc(C3[C]c4ccccc4CC3)cc(OC)c2c1. The lowest BCUT2D eigenvalue weighted by Crippen LogP contribution is -2.10. The summed E-state index contributed by atoms with van der Waals surface area (Å²) < 4.78 is 11.0. The van der Waals surface area contributed by atoms with E-state index >= 15 is 0 Å². The minimum Gasteiger partial charge on any atom is -0.497 e. The predicted molar refractivity (Wildman–Crippen MR) is 96.9 cm³/mol. The fourth-order valence-corrected chi connectivity index (χ4v) is 3.51. The Balaban J connectivity index is 1.75. The minimum atomic E-state index is 0.306. The molecule has 0 saturated carbocycles. The number of methoxy groups -OCH3 is 2. The first-order valence-electron chi connectivity index (χ1n) is 8.28. The van der Waals surface area contributed by atoms with Crippen LogP contribution in [0.4, 0.5) is 0 Å². The standard InChI is InChI=1S/C22H20O2/c1-23-20-10-9-18-12-19(13-22(24-2)21(18)14-20)17-8-7-15-5-3-4-6-16(15)11-17/h3-6,9-10,12-14,17H,7-8H2,1-2H3. The van der Waals surface area contributed by atoms with Gasteiger partial charge in [0.25, 0.3) is 0 Å². The van der Waals surface area contributed by atoms with E-state index in [1.807, 2.05) is 12.1 Å². The Morgan fingerprint density at radius 1 is 0.958 bits per heavy atom. The van der Waals surface area contributed by atoms with E-state index in [2.05, 4.69) is 48.9 Å². The Morgan fingerprint density at radius 2 is 1.83 bits per heavy atom. The van der Waals surface area contributed by atoms with Crippen LogP contribution in [-0.2, 0) is 6.42 Å². The van der Waals surface area contributed by atoms with Crippen LogP contribution >= 0.6 is 0 Å². The van der Waals surface area contributed by atoms with Crippen LogP contribution in [0.3, 0.4) is 0 Å². The van der Waals surface area contributed by atoms with Crippen molar-refractivity contribution in [2.24, 2.45) is 0 Å². The van der Waals surface area contributed by atoms with Gasteiger partial charge in [0.1, 0.15) is 11.5 Å². The third-order valence-corrected chi connectivity index (χ3v) is 4.82. The molecule has 120 valence electrons. The highest BCUT2D eigenvalue weighted by Crippen LogP contribution is 2.39. The van der Waals surface area contributed by atoms with Crippen molar-refractivity contribution in [1.82, 2.24) is 0 Å². The molecule has 1 aliphatic carbocycles. The van der Waals surface area contributed by atoms with Gasteiger partial charge in [0.05, 0.1) is 14.2 Å². The van der Waals surface area contributed by atoms with Crippen LogP contribution in [0.5, 0.6) is 11.5 Å². The van der Waals surface area contributed by atoms with E-state index in [0.29, 0.717) is 5.92 Å². The second kappa shape index (κ2) is 6.20. The van der Waals surface area contributed by atoms with Crippen molar-refractivity contribution in [3.05, 3.63) is 77.7 Å². The van der Waals surface area contributed by atoms with Gasteiger partial charge in [0.2, 0.25) is 0 Å². The van der Waals surface area contributed by atoms with E-state index in [1.54, 1.807) is 14.2 Å². The Morgan fingerprint density at radius 3 is 2.67 bits per heavy atom. The molecule has 0 amide bonds. The lowest BCUT2D eigenvalue weighted by molar-refractivity contribution is 0.412. The molecule has 0 spiro atoms. The van der Waals surface area contributed by atoms with E-state index in [4.69, 9.17) is 9.47 Å². The van der Waals surface area contributed by atoms with E-state index in [-0.39, 0.29) is 0 Å². The van der Waals surface area contributed by atoms with E-state index in [1.165, 1.54) is 22.1 Å². The molecule has 3 aromatic carbocycles. The number of hydrogen-bond donors (Lipinski definition) is 0. The maximum absolute atomic E-state index is 5.64. The molecule has 0 N–H and O–H groups in total. The van der Waals surface area contributed by atoms with E-state index in [9.17, 15) is 0 Å². The molecule has 3 aromatic rings. The third-order valence-electron chi connectivity index (χ3n) is 4.82. The molecule has 0 bridgehead atoms. The zero-order chi connectivity index (χ0) is 16.5. The fourth-order valence-electron chi connectivity index (χ4n) is 3.51. The van der Waals surface area contributed by atoms with Crippen molar-refractivity contribution in [2.45, 2.75) is 18.8 Å². The Kier molecular flexibility index (Phi) is 3.89. The van der Waals surface area contributed by atoms with Gasteiger partial charge in [0, 0.05) is 11.8 Å². The third kappa shape index (κ3) is 2.62. The topological polar surface area (TPSA) is 18.5 Å². The molecule has 0 saturated heterocycles. The molecule has 0 heterocycles. The first-order valence-corrected chi connectivity index (χ1v) is 8.28. The molecule has 1 aliphatic rings. The number of ether oxygens (including phenoxy) is 2. The first kappa shape index (κ1) is 15.1. The zero-order valence-corrected chi connectivity index (χ0v) is 14.0. The molecule has 1 atom stereocenters. The van der Waals surface area contributed by atoms with Crippen molar-refractivity contribution in [1.29, 1.82) is 0 Å². The fraction of sp³-hybridized carbons (Fsp3) is 0.227. The molecule has 2 heteroatoms. The molecule has 4 rings (SSSR count). The lowest BCUT2D eigenvalue weighted by atomic mass is 9.80. The van der Waals surface area contributed by atoms with Crippen LogP contribution in [0.2, 0.25) is 0 Å². The molecule has 0 fully saturated rings. The Bertz CT molecular complexity index is 882. The maximum atomic E-state index is 5.64. The van der Waals surface area contributed by atoms with Crippen LogP contribution in [0.25, 0.3) is 10.8 Å². The van der Waals surface area contributed by atoms with Crippen molar-refractivity contribution >= 4 is 10.8 Å². The number of benzene rings is 3. The number of hydrogen-bond acceptors (Lipinski definition) is 2. The molecular formula is C22H20O2. The quantitative estimate of drug-likeness (QED) is 0.676. The van der Waals surface area contributed by atoms with E-state index < -0.39 is 0 Å². The molecule has 0 aliphatic heterocycles. The summed E-state index contributed by atoms with van der Waals surface area (Å²) in [6, 6.07) is 19.1. The Hall–Kier alpha value is -2.48. The number of fused-ring (bicyclic) bond motifs is 2. The molecule has 2 radical (unpaired) electrons. The van der Waals surface area contributed by atoms with Crippen molar-refractivity contribution < 1.29 is 9.47 Å². The lowest BCUT2D eigenvalue weighted by Gasteiger charge is -2.25. The van der Waals surface area contributed by atoms with Crippen LogP contribution in [-0.4, -0.2) is 14.2 Å². The van der Waals surface area contributed by atoms with Gasteiger partial charge in [-0.3, -0.25) is 0 Å².